The van der Waals surface area contributed by atoms with Crippen molar-refractivity contribution in [2.24, 2.45) is 5.92 Å². The van der Waals surface area contributed by atoms with Crippen molar-refractivity contribution in [1.29, 1.82) is 0 Å². The van der Waals surface area contributed by atoms with Crippen LogP contribution in [0.15, 0.2) is 42.5 Å². The summed E-state index contributed by atoms with van der Waals surface area (Å²) in [6.07, 6.45) is 10.0. The van der Waals surface area contributed by atoms with Gasteiger partial charge in [-0.15, -0.1) is 0 Å². The first kappa shape index (κ1) is 22.0. The lowest BCUT2D eigenvalue weighted by molar-refractivity contribution is -0.138. The molecule has 3 aliphatic rings. The van der Waals surface area contributed by atoms with E-state index in [1.54, 1.807) is 0 Å². The number of fused-ring (bicyclic) bond motifs is 1. The summed E-state index contributed by atoms with van der Waals surface area (Å²) in [5.41, 5.74) is 6.06. The molecule has 174 valence electrons. The van der Waals surface area contributed by atoms with Crippen LogP contribution in [0.5, 0.6) is 0 Å². The molecule has 2 amide bonds. The lowest BCUT2D eigenvalue weighted by Gasteiger charge is -2.28. The Bertz CT molecular complexity index is 1000. The lowest BCUT2D eigenvalue weighted by atomic mass is 9.77. The van der Waals surface area contributed by atoms with Crippen molar-refractivity contribution in [2.45, 2.75) is 76.2 Å². The second kappa shape index (κ2) is 9.58. The number of carbonyl (C=O) groups is 2. The Morgan fingerprint density at radius 1 is 0.909 bits per heavy atom. The summed E-state index contributed by atoms with van der Waals surface area (Å²) in [5, 5.41) is 12.2. The summed E-state index contributed by atoms with van der Waals surface area (Å²) in [6, 6.07) is 15.8. The van der Waals surface area contributed by atoms with Gasteiger partial charge in [0, 0.05) is 24.7 Å². The molecule has 0 bridgehead atoms. The summed E-state index contributed by atoms with van der Waals surface area (Å²) in [6.45, 7) is 0.751. The first-order valence-electron chi connectivity index (χ1n) is 12.6. The largest absolute Gasteiger partial charge is 0.481 e. The molecule has 2 saturated carbocycles. The van der Waals surface area contributed by atoms with E-state index in [0.717, 1.165) is 57.2 Å². The first-order valence-corrected chi connectivity index (χ1v) is 12.6. The maximum atomic E-state index is 12.8. The highest BCUT2D eigenvalue weighted by Crippen LogP contribution is 2.38. The molecule has 0 radical (unpaired) electrons. The maximum absolute atomic E-state index is 12.8. The third-order valence-electron chi connectivity index (χ3n) is 7.93. The summed E-state index contributed by atoms with van der Waals surface area (Å²) >= 11 is 0. The number of nitrogens with zero attached hydrogens (tertiary/aromatic N) is 1. The number of hydrogen-bond acceptors (Lipinski definition) is 2. The average Bonchev–Trinajstić information content (AvgIpc) is 3.49. The van der Waals surface area contributed by atoms with Crippen LogP contribution < -0.4 is 10.2 Å². The van der Waals surface area contributed by atoms with Crippen LogP contribution in [0.2, 0.25) is 0 Å². The summed E-state index contributed by atoms with van der Waals surface area (Å²) < 4.78 is 0. The SMILES string of the molecule is O=C(O)C[C@H]1CC[C@H](c2ccc(-c3ccc4c(c3)CCN4C(=O)NC3CCCC3)cc2)CC1. The molecular formula is C28H34N2O3. The predicted molar refractivity (Wildman–Crippen MR) is 131 cm³/mol. The smallest absolute Gasteiger partial charge is 0.322 e. The number of benzene rings is 2. The van der Waals surface area contributed by atoms with Gasteiger partial charge in [-0.05, 0) is 91.2 Å². The fourth-order valence-corrected chi connectivity index (χ4v) is 6.01. The number of carboxylic acids is 1. The highest BCUT2D eigenvalue weighted by molar-refractivity contribution is 5.95. The third-order valence-corrected chi connectivity index (χ3v) is 7.93. The first-order chi connectivity index (χ1) is 16.1. The van der Waals surface area contributed by atoms with Crippen LogP contribution in [0.4, 0.5) is 10.5 Å². The molecule has 2 aromatic carbocycles. The van der Waals surface area contributed by atoms with Gasteiger partial charge in [-0.3, -0.25) is 9.69 Å². The Balaban J connectivity index is 1.23. The molecule has 0 saturated heterocycles. The van der Waals surface area contributed by atoms with E-state index in [1.807, 2.05) is 4.90 Å². The number of urea groups is 1. The molecule has 0 unspecified atom stereocenters. The van der Waals surface area contributed by atoms with Gasteiger partial charge in [0.1, 0.15) is 0 Å². The monoisotopic (exact) mass is 446 g/mol. The summed E-state index contributed by atoms with van der Waals surface area (Å²) in [7, 11) is 0. The zero-order chi connectivity index (χ0) is 22.8. The van der Waals surface area contributed by atoms with Crippen molar-refractivity contribution in [1.82, 2.24) is 5.32 Å². The molecule has 33 heavy (non-hydrogen) atoms. The predicted octanol–water partition coefficient (Wildman–Crippen LogP) is 6.12. The molecule has 2 fully saturated rings. The number of rotatable bonds is 5. The topological polar surface area (TPSA) is 69.6 Å². The number of amides is 2. The second-order valence-electron chi connectivity index (χ2n) is 10.1. The van der Waals surface area contributed by atoms with Crippen LogP contribution in [0.1, 0.15) is 74.8 Å². The van der Waals surface area contributed by atoms with Gasteiger partial charge in [0.2, 0.25) is 0 Å². The number of carbonyl (C=O) groups excluding carboxylic acids is 1. The molecule has 1 aliphatic heterocycles. The quantitative estimate of drug-likeness (QED) is 0.582. The molecule has 0 aromatic heterocycles. The minimum Gasteiger partial charge on any atom is -0.481 e. The van der Waals surface area contributed by atoms with Crippen LogP contribution in [-0.4, -0.2) is 29.7 Å². The Morgan fingerprint density at radius 2 is 1.61 bits per heavy atom. The average molecular weight is 447 g/mol. The molecule has 0 spiro atoms. The van der Waals surface area contributed by atoms with Crippen molar-refractivity contribution < 1.29 is 14.7 Å². The molecule has 2 aromatic rings. The van der Waals surface area contributed by atoms with Crippen molar-refractivity contribution in [2.75, 3.05) is 11.4 Å². The normalized spacial score (nSPS) is 22.8. The van der Waals surface area contributed by atoms with Gasteiger partial charge in [0.15, 0.2) is 0 Å². The highest BCUT2D eigenvalue weighted by Gasteiger charge is 2.28. The molecule has 5 nitrogen and oxygen atoms in total. The fourth-order valence-electron chi connectivity index (χ4n) is 6.01. The standard InChI is InChI=1S/C28H34N2O3/c31-27(32)17-19-5-7-20(8-6-19)21-9-11-22(12-10-21)23-13-14-26-24(18-23)15-16-30(26)28(33)29-25-3-1-2-4-25/h9-14,18-20,25H,1-8,15-17H2,(H,29,33)(H,31,32)/t19-,20-. The summed E-state index contributed by atoms with van der Waals surface area (Å²) in [4.78, 5) is 25.6. The molecule has 0 atom stereocenters. The van der Waals surface area contributed by atoms with E-state index >= 15 is 0 Å². The maximum Gasteiger partial charge on any atom is 0.322 e. The van der Waals surface area contributed by atoms with E-state index in [1.165, 1.54) is 35.1 Å². The van der Waals surface area contributed by atoms with Crippen LogP contribution in [-0.2, 0) is 11.2 Å². The van der Waals surface area contributed by atoms with Gasteiger partial charge in [-0.1, -0.05) is 43.2 Å². The van der Waals surface area contributed by atoms with E-state index in [0.29, 0.717) is 24.3 Å². The van der Waals surface area contributed by atoms with Gasteiger partial charge >= 0.3 is 12.0 Å². The van der Waals surface area contributed by atoms with Crippen LogP contribution in [0.3, 0.4) is 0 Å². The van der Waals surface area contributed by atoms with Crippen LogP contribution >= 0.6 is 0 Å². The minimum atomic E-state index is -0.672. The Hall–Kier alpha value is -2.82. The number of hydrogen-bond donors (Lipinski definition) is 2. The Labute approximate surface area is 196 Å². The highest BCUT2D eigenvalue weighted by atomic mass is 16.4. The number of nitrogens with one attached hydrogen (secondary N) is 1. The van der Waals surface area contributed by atoms with Crippen molar-refractivity contribution in [3.8, 4) is 11.1 Å². The zero-order valence-electron chi connectivity index (χ0n) is 19.3. The van der Waals surface area contributed by atoms with Gasteiger partial charge in [-0.2, -0.15) is 0 Å². The Kier molecular flexibility index (Phi) is 6.39. The minimum absolute atomic E-state index is 0.0517. The van der Waals surface area contributed by atoms with Gasteiger partial charge < -0.3 is 10.4 Å². The molecular weight excluding hydrogens is 412 g/mol. The van der Waals surface area contributed by atoms with E-state index in [-0.39, 0.29) is 6.03 Å². The van der Waals surface area contributed by atoms with E-state index in [4.69, 9.17) is 5.11 Å². The molecule has 5 heteroatoms. The Morgan fingerprint density at radius 3 is 2.30 bits per heavy atom. The molecule has 1 heterocycles. The van der Waals surface area contributed by atoms with E-state index < -0.39 is 5.97 Å². The number of anilines is 1. The third kappa shape index (κ3) is 4.92. The molecule has 5 rings (SSSR count). The van der Waals surface area contributed by atoms with Gasteiger partial charge in [0.25, 0.3) is 0 Å². The number of carboxylic acid groups (broad SMARTS) is 1. The zero-order valence-corrected chi connectivity index (χ0v) is 19.3. The van der Waals surface area contributed by atoms with E-state index in [9.17, 15) is 9.59 Å². The molecule has 2 N–H and O–H groups in total. The van der Waals surface area contributed by atoms with Gasteiger partial charge in [0.05, 0.1) is 0 Å². The van der Waals surface area contributed by atoms with Crippen LogP contribution in [0, 0.1) is 5.92 Å². The van der Waals surface area contributed by atoms with Crippen molar-refractivity contribution in [3.63, 3.8) is 0 Å². The number of aliphatic carboxylic acids is 1. The van der Waals surface area contributed by atoms with Crippen molar-refractivity contribution in [3.05, 3.63) is 53.6 Å². The molecule has 2 aliphatic carbocycles. The lowest BCUT2D eigenvalue weighted by Crippen LogP contribution is -2.43. The fraction of sp³-hybridized carbons (Fsp3) is 0.500. The second-order valence-corrected chi connectivity index (χ2v) is 10.1. The van der Waals surface area contributed by atoms with Gasteiger partial charge in [-0.25, -0.2) is 4.79 Å². The van der Waals surface area contributed by atoms with E-state index in [2.05, 4.69) is 47.8 Å². The van der Waals surface area contributed by atoms with Crippen molar-refractivity contribution >= 4 is 17.7 Å². The summed E-state index contributed by atoms with van der Waals surface area (Å²) in [5.74, 6) is 0.204. The van der Waals surface area contributed by atoms with Crippen LogP contribution in [0.25, 0.3) is 11.1 Å².